The fourth-order valence-electron chi connectivity index (χ4n) is 1.61. The highest BCUT2D eigenvalue weighted by Crippen LogP contribution is 2.13. The minimum Gasteiger partial charge on any atom is -0.380 e. The van der Waals surface area contributed by atoms with Gasteiger partial charge in [-0.1, -0.05) is 6.07 Å². The van der Waals surface area contributed by atoms with Gasteiger partial charge in [-0.3, -0.25) is 4.99 Å². The Morgan fingerprint density at radius 2 is 1.89 bits per heavy atom. The third kappa shape index (κ3) is 6.80. The van der Waals surface area contributed by atoms with Gasteiger partial charge in [0.25, 0.3) is 0 Å². The maximum atomic E-state index is 5.77. The minimum atomic E-state index is 0. The Morgan fingerprint density at radius 1 is 1.28 bits per heavy atom. The third-order valence-corrected chi connectivity index (χ3v) is 2.22. The summed E-state index contributed by atoms with van der Waals surface area (Å²) >= 11 is 0. The molecule has 5 heteroatoms. The standard InChI is InChI=1S/C13H21N3O.HI/c1-4-17-6-5-15-13(14)16-12-8-10(2)7-11(3)9-12;/h7-9H,4-6H2,1-3H3,(H3,14,15,16);1H. The lowest BCUT2D eigenvalue weighted by Crippen LogP contribution is -2.23. The van der Waals surface area contributed by atoms with E-state index in [0.29, 0.717) is 25.7 Å². The summed E-state index contributed by atoms with van der Waals surface area (Å²) in [4.78, 5) is 4.17. The Balaban J connectivity index is 0.00000289. The Bertz CT molecular complexity index is 374. The van der Waals surface area contributed by atoms with Crippen molar-refractivity contribution in [3.63, 3.8) is 0 Å². The molecule has 0 radical (unpaired) electrons. The molecule has 0 saturated carbocycles. The molecular weight excluding hydrogens is 341 g/mol. The highest BCUT2D eigenvalue weighted by atomic mass is 127. The predicted octanol–water partition coefficient (Wildman–Crippen LogP) is 2.68. The second kappa shape index (κ2) is 9.16. The Hall–Kier alpha value is -0.820. The fourth-order valence-corrected chi connectivity index (χ4v) is 1.61. The third-order valence-electron chi connectivity index (χ3n) is 2.22. The molecule has 0 aliphatic carbocycles. The van der Waals surface area contributed by atoms with E-state index in [-0.39, 0.29) is 24.0 Å². The maximum absolute atomic E-state index is 5.77. The van der Waals surface area contributed by atoms with Crippen molar-refractivity contribution in [1.82, 2.24) is 0 Å². The number of aliphatic imine (C=N–C) groups is 1. The minimum absolute atomic E-state index is 0. The van der Waals surface area contributed by atoms with E-state index in [1.54, 1.807) is 0 Å². The van der Waals surface area contributed by atoms with Crippen LogP contribution in [0.4, 0.5) is 5.69 Å². The average Bonchev–Trinajstić information content (AvgIpc) is 2.23. The topological polar surface area (TPSA) is 59.6 Å². The van der Waals surface area contributed by atoms with Crippen molar-refractivity contribution in [3.05, 3.63) is 29.3 Å². The van der Waals surface area contributed by atoms with Gasteiger partial charge in [0, 0.05) is 12.3 Å². The number of anilines is 1. The molecule has 0 aliphatic rings. The van der Waals surface area contributed by atoms with Crippen LogP contribution in [0, 0.1) is 13.8 Å². The number of aryl methyl sites for hydroxylation is 2. The van der Waals surface area contributed by atoms with Gasteiger partial charge in [-0.2, -0.15) is 0 Å². The van der Waals surface area contributed by atoms with Crippen molar-refractivity contribution >= 4 is 35.6 Å². The van der Waals surface area contributed by atoms with Gasteiger partial charge >= 0.3 is 0 Å². The second-order valence-corrected chi connectivity index (χ2v) is 3.97. The molecular formula is C13H22IN3O. The normalized spacial score (nSPS) is 10.9. The number of hydrogen-bond donors (Lipinski definition) is 2. The zero-order valence-corrected chi connectivity index (χ0v) is 13.5. The smallest absolute Gasteiger partial charge is 0.193 e. The van der Waals surface area contributed by atoms with Crippen LogP contribution in [0.25, 0.3) is 0 Å². The van der Waals surface area contributed by atoms with Gasteiger partial charge in [0.2, 0.25) is 0 Å². The largest absolute Gasteiger partial charge is 0.380 e. The molecule has 0 fully saturated rings. The number of guanidine groups is 1. The zero-order valence-electron chi connectivity index (χ0n) is 11.2. The molecule has 0 heterocycles. The lowest BCUT2D eigenvalue weighted by molar-refractivity contribution is 0.156. The van der Waals surface area contributed by atoms with E-state index >= 15 is 0 Å². The number of rotatable bonds is 5. The van der Waals surface area contributed by atoms with Crippen LogP contribution in [-0.2, 0) is 4.74 Å². The van der Waals surface area contributed by atoms with Crippen molar-refractivity contribution in [2.24, 2.45) is 10.7 Å². The van der Waals surface area contributed by atoms with Gasteiger partial charge in [-0.25, -0.2) is 0 Å². The van der Waals surface area contributed by atoms with Gasteiger partial charge in [0.1, 0.15) is 0 Å². The summed E-state index contributed by atoms with van der Waals surface area (Å²) in [5.74, 6) is 0.426. The highest BCUT2D eigenvalue weighted by Gasteiger charge is 1.97. The van der Waals surface area contributed by atoms with E-state index in [4.69, 9.17) is 10.5 Å². The van der Waals surface area contributed by atoms with Crippen LogP contribution >= 0.6 is 24.0 Å². The Labute approximate surface area is 126 Å². The quantitative estimate of drug-likeness (QED) is 0.366. The SMILES string of the molecule is CCOCCN=C(N)Nc1cc(C)cc(C)c1.I. The summed E-state index contributed by atoms with van der Waals surface area (Å²) < 4.78 is 5.18. The van der Waals surface area contributed by atoms with Gasteiger partial charge in [-0.05, 0) is 44.0 Å². The van der Waals surface area contributed by atoms with Crippen molar-refractivity contribution in [3.8, 4) is 0 Å². The van der Waals surface area contributed by atoms with Gasteiger partial charge < -0.3 is 15.8 Å². The van der Waals surface area contributed by atoms with Crippen molar-refractivity contribution in [2.75, 3.05) is 25.1 Å². The second-order valence-electron chi connectivity index (χ2n) is 3.97. The van der Waals surface area contributed by atoms with E-state index in [1.807, 2.05) is 19.1 Å². The van der Waals surface area contributed by atoms with Crippen molar-refractivity contribution < 1.29 is 4.74 Å². The van der Waals surface area contributed by atoms with Crippen molar-refractivity contribution in [1.29, 1.82) is 0 Å². The number of nitrogens with one attached hydrogen (secondary N) is 1. The number of nitrogens with zero attached hydrogens (tertiary/aromatic N) is 1. The van der Waals surface area contributed by atoms with Crippen LogP contribution in [0.2, 0.25) is 0 Å². The van der Waals surface area contributed by atoms with Crippen LogP contribution in [0.1, 0.15) is 18.1 Å². The number of halogens is 1. The number of hydrogen-bond acceptors (Lipinski definition) is 2. The van der Waals surface area contributed by atoms with Crippen molar-refractivity contribution in [2.45, 2.75) is 20.8 Å². The fraction of sp³-hybridized carbons (Fsp3) is 0.462. The Kier molecular flexibility index (Phi) is 8.74. The summed E-state index contributed by atoms with van der Waals surface area (Å²) in [6.07, 6.45) is 0. The molecule has 0 spiro atoms. The molecule has 0 atom stereocenters. The van der Waals surface area contributed by atoms with Crippen LogP contribution < -0.4 is 11.1 Å². The molecule has 0 aliphatic heterocycles. The summed E-state index contributed by atoms with van der Waals surface area (Å²) in [6, 6.07) is 6.20. The summed E-state index contributed by atoms with van der Waals surface area (Å²) in [5, 5.41) is 3.07. The van der Waals surface area contributed by atoms with E-state index in [9.17, 15) is 0 Å². The molecule has 0 amide bonds. The highest BCUT2D eigenvalue weighted by molar-refractivity contribution is 14.0. The first-order chi connectivity index (χ1) is 8.11. The first-order valence-corrected chi connectivity index (χ1v) is 5.85. The molecule has 0 unspecified atom stereocenters. The first-order valence-electron chi connectivity index (χ1n) is 5.85. The van der Waals surface area contributed by atoms with E-state index in [2.05, 4.69) is 30.2 Å². The Morgan fingerprint density at radius 3 is 2.44 bits per heavy atom. The van der Waals surface area contributed by atoms with Gasteiger partial charge in [0.15, 0.2) is 5.96 Å². The molecule has 1 aromatic carbocycles. The monoisotopic (exact) mass is 363 g/mol. The number of ether oxygens (including phenoxy) is 1. The van der Waals surface area contributed by atoms with Crippen LogP contribution in [-0.4, -0.2) is 25.7 Å². The van der Waals surface area contributed by atoms with E-state index in [0.717, 1.165) is 5.69 Å². The first kappa shape index (κ1) is 17.2. The lowest BCUT2D eigenvalue weighted by atomic mass is 10.1. The molecule has 3 N–H and O–H groups in total. The molecule has 1 aromatic rings. The maximum Gasteiger partial charge on any atom is 0.193 e. The number of benzene rings is 1. The van der Waals surface area contributed by atoms with E-state index < -0.39 is 0 Å². The van der Waals surface area contributed by atoms with Gasteiger partial charge in [-0.15, -0.1) is 24.0 Å². The zero-order chi connectivity index (χ0) is 12.7. The summed E-state index contributed by atoms with van der Waals surface area (Å²) in [7, 11) is 0. The molecule has 0 bridgehead atoms. The molecule has 102 valence electrons. The van der Waals surface area contributed by atoms with E-state index in [1.165, 1.54) is 11.1 Å². The summed E-state index contributed by atoms with van der Waals surface area (Å²) in [6.45, 7) is 7.96. The van der Waals surface area contributed by atoms with Crippen LogP contribution in [0.3, 0.4) is 0 Å². The molecule has 4 nitrogen and oxygen atoms in total. The molecule has 0 saturated heterocycles. The molecule has 18 heavy (non-hydrogen) atoms. The average molecular weight is 363 g/mol. The van der Waals surface area contributed by atoms with Crippen LogP contribution in [0.15, 0.2) is 23.2 Å². The molecule has 1 rings (SSSR count). The number of nitrogens with two attached hydrogens (primary N) is 1. The summed E-state index contributed by atoms with van der Waals surface area (Å²) in [5.41, 5.74) is 9.15. The molecule has 0 aromatic heterocycles. The lowest BCUT2D eigenvalue weighted by Gasteiger charge is -2.08. The van der Waals surface area contributed by atoms with Gasteiger partial charge in [0.05, 0.1) is 13.2 Å². The predicted molar refractivity (Wildman–Crippen MR) is 87.9 cm³/mol. The van der Waals surface area contributed by atoms with Crippen LogP contribution in [0.5, 0.6) is 0 Å².